The third-order valence-electron chi connectivity index (χ3n) is 1.90. The summed E-state index contributed by atoms with van der Waals surface area (Å²) in [5.41, 5.74) is -0.950. The van der Waals surface area contributed by atoms with E-state index in [9.17, 15) is 13.2 Å². The van der Waals surface area contributed by atoms with E-state index in [1.54, 1.807) is 20.8 Å². The quantitative estimate of drug-likeness (QED) is 0.793. The van der Waals surface area contributed by atoms with Crippen LogP contribution >= 0.6 is 11.6 Å². The van der Waals surface area contributed by atoms with Gasteiger partial charge in [0.1, 0.15) is 0 Å². The van der Waals surface area contributed by atoms with Crippen molar-refractivity contribution in [2.24, 2.45) is 0 Å². The Morgan fingerprint density at radius 2 is 1.89 bits per heavy atom. The maximum Gasteiger partial charge on any atom is 0.337 e. The molecule has 0 saturated carbocycles. The van der Waals surface area contributed by atoms with E-state index in [2.05, 4.69) is 9.44 Å². The Bertz CT molecular complexity index is 593. The molecule has 6 nitrogen and oxygen atoms in total. The molecule has 0 spiro atoms. The largest absolute Gasteiger partial charge is 0.478 e. The van der Waals surface area contributed by atoms with Crippen LogP contribution in [0.25, 0.3) is 0 Å². The summed E-state index contributed by atoms with van der Waals surface area (Å²) in [7, 11) is -3.89. The fourth-order valence-corrected chi connectivity index (χ4v) is 2.85. The molecule has 0 saturated heterocycles. The molecule has 0 atom stereocenters. The first-order valence-corrected chi connectivity index (χ1v) is 7.21. The van der Waals surface area contributed by atoms with Crippen LogP contribution in [0.3, 0.4) is 0 Å². The lowest BCUT2D eigenvalue weighted by atomic mass is 10.1. The van der Waals surface area contributed by atoms with E-state index in [0.29, 0.717) is 0 Å². The number of nitrogens with one attached hydrogen (secondary N) is 2. The summed E-state index contributed by atoms with van der Waals surface area (Å²) < 4.78 is 28.2. The van der Waals surface area contributed by atoms with Gasteiger partial charge < -0.3 is 5.11 Å². The van der Waals surface area contributed by atoms with Crippen molar-refractivity contribution in [1.29, 1.82) is 0 Å². The minimum Gasteiger partial charge on any atom is -0.478 e. The lowest BCUT2D eigenvalue weighted by molar-refractivity contribution is 0.0698. The summed E-state index contributed by atoms with van der Waals surface area (Å²) in [5, 5.41) is 9.22. The highest BCUT2D eigenvalue weighted by molar-refractivity contribution is 7.90. The second kappa shape index (κ2) is 5.36. The van der Waals surface area contributed by atoms with E-state index in [1.165, 1.54) is 18.2 Å². The number of benzene rings is 1. The molecule has 19 heavy (non-hydrogen) atoms. The number of aromatic carboxylic acids is 1. The Kier molecular flexibility index (Phi) is 4.44. The number of carboxylic acids is 1. The van der Waals surface area contributed by atoms with Crippen molar-refractivity contribution in [3.05, 3.63) is 28.8 Å². The molecular formula is C11H15ClN2O4S. The minimum atomic E-state index is -3.89. The molecule has 0 fully saturated rings. The average molecular weight is 307 g/mol. The smallest absolute Gasteiger partial charge is 0.337 e. The third-order valence-corrected chi connectivity index (χ3v) is 3.50. The molecule has 3 N–H and O–H groups in total. The zero-order chi connectivity index (χ0) is 14.8. The number of halogens is 1. The van der Waals surface area contributed by atoms with Crippen LogP contribution in [0.15, 0.2) is 18.2 Å². The van der Waals surface area contributed by atoms with Gasteiger partial charge in [-0.2, -0.15) is 13.1 Å². The summed E-state index contributed by atoms with van der Waals surface area (Å²) in [6, 6.07) is 3.85. The second-order valence-corrected chi connectivity index (χ2v) is 6.80. The van der Waals surface area contributed by atoms with E-state index < -0.39 is 21.7 Å². The number of hydrogen-bond donors (Lipinski definition) is 3. The molecule has 0 aliphatic rings. The van der Waals surface area contributed by atoms with Gasteiger partial charge in [-0.1, -0.05) is 11.6 Å². The van der Waals surface area contributed by atoms with Crippen molar-refractivity contribution in [2.75, 3.05) is 4.72 Å². The predicted octanol–water partition coefficient (Wildman–Crippen LogP) is 2.08. The van der Waals surface area contributed by atoms with Gasteiger partial charge in [-0.05, 0) is 39.0 Å². The third kappa shape index (κ3) is 5.06. The van der Waals surface area contributed by atoms with Crippen LogP contribution in [0.4, 0.5) is 5.69 Å². The molecule has 0 amide bonds. The first kappa shape index (κ1) is 15.7. The van der Waals surface area contributed by atoms with Gasteiger partial charge in [-0.15, -0.1) is 0 Å². The lowest BCUT2D eigenvalue weighted by Crippen LogP contribution is -2.43. The molecular weight excluding hydrogens is 292 g/mol. The lowest BCUT2D eigenvalue weighted by Gasteiger charge is -2.21. The average Bonchev–Trinajstić information content (AvgIpc) is 2.11. The van der Waals surface area contributed by atoms with Crippen molar-refractivity contribution >= 4 is 33.5 Å². The van der Waals surface area contributed by atoms with Crippen LogP contribution < -0.4 is 9.44 Å². The van der Waals surface area contributed by atoms with Gasteiger partial charge in [0, 0.05) is 10.6 Å². The number of anilines is 1. The summed E-state index contributed by atoms with van der Waals surface area (Å²) >= 11 is 5.74. The van der Waals surface area contributed by atoms with Crippen LogP contribution in [0, 0.1) is 0 Å². The molecule has 0 aliphatic heterocycles. The number of hydrogen-bond acceptors (Lipinski definition) is 3. The van der Waals surface area contributed by atoms with Crippen molar-refractivity contribution in [2.45, 2.75) is 26.3 Å². The first-order valence-electron chi connectivity index (χ1n) is 5.35. The van der Waals surface area contributed by atoms with E-state index in [-0.39, 0.29) is 16.3 Å². The predicted molar refractivity (Wildman–Crippen MR) is 73.8 cm³/mol. The minimum absolute atomic E-state index is 0.0863. The molecule has 8 heteroatoms. The van der Waals surface area contributed by atoms with Gasteiger partial charge in [0.2, 0.25) is 0 Å². The monoisotopic (exact) mass is 306 g/mol. The van der Waals surface area contributed by atoms with Crippen LogP contribution in [0.1, 0.15) is 31.1 Å². The maximum absolute atomic E-state index is 11.8. The maximum atomic E-state index is 11.8. The van der Waals surface area contributed by atoms with Gasteiger partial charge >= 0.3 is 5.97 Å². The Balaban J connectivity index is 3.12. The SMILES string of the molecule is CC(C)(C)NS(=O)(=O)Nc1cc(Cl)ccc1C(=O)O. The molecule has 1 aromatic carbocycles. The molecule has 1 aromatic rings. The Hall–Kier alpha value is -1.31. The topological polar surface area (TPSA) is 95.5 Å². The van der Waals surface area contributed by atoms with Gasteiger partial charge in [-0.3, -0.25) is 4.72 Å². The standard InChI is InChI=1S/C11H15ClN2O4S/c1-11(2,3)14-19(17,18)13-9-6-7(12)4-5-8(9)10(15)16/h4-6,13-14H,1-3H3,(H,15,16). The van der Waals surface area contributed by atoms with Gasteiger partial charge in [0.15, 0.2) is 0 Å². The Labute approximate surface area is 117 Å². The van der Waals surface area contributed by atoms with Crippen LogP contribution in [0.2, 0.25) is 5.02 Å². The van der Waals surface area contributed by atoms with E-state index in [0.717, 1.165) is 0 Å². The summed E-state index contributed by atoms with van der Waals surface area (Å²) in [5.74, 6) is -1.25. The van der Waals surface area contributed by atoms with Gasteiger partial charge in [0.25, 0.3) is 10.2 Å². The molecule has 0 radical (unpaired) electrons. The normalized spacial score (nSPS) is 12.2. The van der Waals surface area contributed by atoms with Gasteiger partial charge in [0.05, 0.1) is 11.3 Å². The van der Waals surface area contributed by atoms with E-state index in [1.807, 2.05) is 0 Å². The Morgan fingerprint density at radius 1 is 1.32 bits per heavy atom. The fourth-order valence-electron chi connectivity index (χ4n) is 1.36. The molecule has 106 valence electrons. The van der Waals surface area contributed by atoms with Crippen molar-refractivity contribution in [1.82, 2.24) is 4.72 Å². The van der Waals surface area contributed by atoms with E-state index >= 15 is 0 Å². The second-order valence-electron chi connectivity index (χ2n) is 4.95. The molecule has 0 unspecified atom stereocenters. The van der Waals surface area contributed by atoms with Gasteiger partial charge in [-0.25, -0.2) is 4.79 Å². The van der Waals surface area contributed by atoms with E-state index in [4.69, 9.17) is 16.7 Å². The summed E-state index contributed by atoms with van der Waals surface area (Å²) in [6.07, 6.45) is 0. The zero-order valence-electron chi connectivity index (χ0n) is 10.7. The highest BCUT2D eigenvalue weighted by Crippen LogP contribution is 2.22. The number of rotatable bonds is 4. The van der Waals surface area contributed by atoms with Crippen molar-refractivity contribution in [3.63, 3.8) is 0 Å². The summed E-state index contributed by atoms with van der Waals surface area (Å²) in [4.78, 5) is 11.0. The number of carbonyl (C=O) groups is 1. The fraction of sp³-hybridized carbons (Fsp3) is 0.364. The van der Waals surface area contributed by atoms with Crippen LogP contribution in [-0.4, -0.2) is 25.0 Å². The molecule has 0 bridgehead atoms. The molecule has 0 heterocycles. The van der Waals surface area contributed by atoms with Crippen molar-refractivity contribution < 1.29 is 18.3 Å². The Morgan fingerprint density at radius 3 is 2.37 bits per heavy atom. The molecule has 1 rings (SSSR count). The van der Waals surface area contributed by atoms with Crippen LogP contribution in [-0.2, 0) is 10.2 Å². The number of carboxylic acid groups (broad SMARTS) is 1. The molecule has 0 aromatic heterocycles. The first-order chi connectivity index (χ1) is 8.50. The highest BCUT2D eigenvalue weighted by Gasteiger charge is 2.22. The van der Waals surface area contributed by atoms with Crippen LogP contribution in [0.5, 0.6) is 0 Å². The summed E-state index contributed by atoms with van der Waals surface area (Å²) in [6.45, 7) is 5.01. The van der Waals surface area contributed by atoms with Crippen molar-refractivity contribution in [3.8, 4) is 0 Å². The highest BCUT2D eigenvalue weighted by atomic mass is 35.5. The molecule has 0 aliphatic carbocycles. The zero-order valence-corrected chi connectivity index (χ0v) is 12.3.